The first-order valence-corrected chi connectivity index (χ1v) is 8.01. The Bertz CT molecular complexity index is 751. The maximum absolute atomic E-state index is 12.3. The van der Waals surface area contributed by atoms with Crippen LogP contribution in [0.4, 0.5) is 0 Å². The predicted molar refractivity (Wildman–Crippen MR) is 90.0 cm³/mol. The predicted octanol–water partition coefficient (Wildman–Crippen LogP) is 3.60. The summed E-state index contributed by atoms with van der Waals surface area (Å²) in [7, 11) is 0. The number of esters is 1. The molecule has 0 aliphatic carbocycles. The van der Waals surface area contributed by atoms with Crippen LogP contribution in [0.1, 0.15) is 47.3 Å². The number of rotatable bonds is 6. The summed E-state index contributed by atoms with van der Waals surface area (Å²) in [5.41, 5.74) is 0.850. The third-order valence-electron chi connectivity index (χ3n) is 3.34. The molecular weight excluding hydrogens is 332 g/mol. The van der Waals surface area contributed by atoms with Gasteiger partial charge in [0.25, 0.3) is 0 Å². The first kappa shape index (κ1) is 18.0. The van der Waals surface area contributed by atoms with E-state index in [1.54, 1.807) is 31.2 Å². The molecule has 0 spiro atoms. The van der Waals surface area contributed by atoms with Crippen LogP contribution in [0.2, 0.25) is 5.02 Å². The van der Waals surface area contributed by atoms with Gasteiger partial charge in [-0.1, -0.05) is 25.4 Å². The molecule has 0 bridgehead atoms. The molecule has 0 unspecified atom stereocenters. The van der Waals surface area contributed by atoms with Crippen molar-refractivity contribution in [2.75, 3.05) is 6.61 Å². The number of halogens is 1. The van der Waals surface area contributed by atoms with Crippen LogP contribution in [0.3, 0.4) is 0 Å². The van der Waals surface area contributed by atoms with Crippen molar-refractivity contribution in [1.29, 1.82) is 0 Å². The van der Waals surface area contributed by atoms with Crippen LogP contribution >= 0.6 is 11.6 Å². The molecule has 0 radical (unpaired) electrons. The lowest BCUT2D eigenvalue weighted by molar-refractivity contribution is 0.0513. The van der Waals surface area contributed by atoms with Crippen LogP contribution in [0.5, 0.6) is 0 Å². The minimum Gasteiger partial charge on any atom is -0.476 e. The maximum atomic E-state index is 12.3. The summed E-state index contributed by atoms with van der Waals surface area (Å²) in [5.74, 6) is -1.75. The van der Waals surface area contributed by atoms with Gasteiger partial charge in [0.1, 0.15) is 5.56 Å². The highest BCUT2D eigenvalue weighted by molar-refractivity contribution is 6.30. The van der Waals surface area contributed by atoms with Crippen LogP contribution in [0.25, 0.3) is 5.69 Å². The van der Waals surface area contributed by atoms with E-state index in [4.69, 9.17) is 16.3 Å². The zero-order valence-corrected chi connectivity index (χ0v) is 14.5. The summed E-state index contributed by atoms with van der Waals surface area (Å²) in [6, 6.07) is 6.81. The van der Waals surface area contributed by atoms with Gasteiger partial charge in [0.15, 0.2) is 5.69 Å². The number of carboxylic acid groups (broad SMARTS) is 1. The molecule has 7 heteroatoms. The number of nitrogens with zero attached hydrogens (tertiary/aromatic N) is 2. The van der Waals surface area contributed by atoms with Crippen molar-refractivity contribution in [3.05, 3.63) is 46.2 Å². The second kappa shape index (κ2) is 7.49. The van der Waals surface area contributed by atoms with Crippen LogP contribution in [-0.4, -0.2) is 33.4 Å². The molecule has 6 nitrogen and oxygen atoms in total. The largest absolute Gasteiger partial charge is 0.476 e. The highest BCUT2D eigenvalue weighted by atomic mass is 35.5. The third kappa shape index (κ3) is 3.76. The van der Waals surface area contributed by atoms with E-state index in [0.717, 1.165) is 0 Å². The fraction of sp³-hybridized carbons (Fsp3) is 0.353. The molecule has 24 heavy (non-hydrogen) atoms. The van der Waals surface area contributed by atoms with Crippen molar-refractivity contribution in [3.63, 3.8) is 0 Å². The SMILES string of the molecule is CCOC(=O)c1c(C(=O)O)nn(-c2ccc(Cl)cc2)c1CC(C)C. The number of carbonyl (C=O) groups excluding carboxylic acids is 1. The molecule has 128 valence electrons. The molecule has 1 heterocycles. The summed E-state index contributed by atoms with van der Waals surface area (Å²) in [6.07, 6.45) is 0.483. The number of aromatic nitrogens is 2. The van der Waals surface area contributed by atoms with Crippen molar-refractivity contribution in [3.8, 4) is 5.69 Å². The first-order valence-electron chi connectivity index (χ1n) is 7.63. The van der Waals surface area contributed by atoms with E-state index in [1.165, 1.54) is 4.68 Å². The van der Waals surface area contributed by atoms with E-state index in [2.05, 4.69) is 5.10 Å². The van der Waals surface area contributed by atoms with Gasteiger partial charge in [-0.05, 0) is 43.5 Å². The van der Waals surface area contributed by atoms with Crippen molar-refractivity contribution in [2.24, 2.45) is 5.92 Å². The smallest absolute Gasteiger partial charge is 0.357 e. The minimum atomic E-state index is -1.27. The molecule has 1 N–H and O–H groups in total. The maximum Gasteiger partial charge on any atom is 0.357 e. The average molecular weight is 351 g/mol. The number of aromatic carboxylic acids is 1. The van der Waals surface area contributed by atoms with E-state index in [1.807, 2.05) is 13.8 Å². The Balaban J connectivity index is 2.69. The lowest BCUT2D eigenvalue weighted by Crippen LogP contribution is -2.14. The van der Waals surface area contributed by atoms with Crippen LogP contribution in [0, 0.1) is 5.92 Å². The topological polar surface area (TPSA) is 81.4 Å². The Morgan fingerprint density at radius 3 is 2.42 bits per heavy atom. The van der Waals surface area contributed by atoms with E-state index in [9.17, 15) is 14.7 Å². The summed E-state index contributed by atoms with van der Waals surface area (Å²) < 4.78 is 6.51. The highest BCUT2D eigenvalue weighted by Crippen LogP contribution is 2.24. The summed E-state index contributed by atoms with van der Waals surface area (Å²) >= 11 is 5.90. The van der Waals surface area contributed by atoms with E-state index in [0.29, 0.717) is 22.8 Å². The average Bonchev–Trinajstić information content (AvgIpc) is 2.87. The summed E-state index contributed by atoms with van der Waals surface area (Å²) in [5, 5.41) is 14.1. The monoisotopic (exact) mass is 350 g/mol. The Labute approximate surface area is 145 Å². The molecule has 1 aromatic carbocycles. The number of carboxylic acids is 1. The van der Waals surface area contributed by atoms with Crippen molar-refractivity contribution < 1.29 is 19.4 Å². The van der Waals surface area contributed by atoms with Gasteiger partial charge >= 0.3 is 11.9 Å². The van der Waals surface area contributed by atoms with Crippen LogP contribution in [-0.2, 0) is 11.2 Å². The summed E-state index contributed by atoms with van der Waals surface area (Å²) in [6.45, 7) is 5.79. The summed E-state index contributed by atoms with van der Waals surface area (Å²) in [4.78, 5) is 23.9. The molecule has 0 saturated carbocycles. The zero-order valence-electron chi connectivity index (χ0n) is 13.7. The van der Waals surface area contributed by atoms with Gasteiger partial charge in [0.05, 0.1) is 18.0 Å². The second-order valence-electron chi connectivity index (χ2n) is 5.68. The highest BCUT2D eigenvalue weighted by Gasteiger charge is 2.29. The van der Waals surface area contributed by atoms with Crippen molar-refractivity contribution in [1.82, 2.24) is 9.78 Å². The quantitative estimate of drug-likeness (QED) is 0.805. The molecule has 0 amide bonds. The molecule has 1 aromatic heterocycles. The van der Waals surface area contributed by atoms with E-state index < -0.39 is 11.9 Å². The molecule has 0 fully saturated rings. The second-order valence-corrected chi connectivity index (χ2v) is 6.12. The number of ether oxygens (including phenoxy) is 1. The minimum absolute atomic E-state index is 0.00741. The van der Waals surface area contributed by atoms with Gasteiger partial charge in [-0.2, -0.15) is 5.10 Å². The van der Waals surface area contributed by atoms with Crippen LogP contribution in [0.15, 0.2) is 24.3 Å². The standard InChI is InChI=1S/C17H19ClN2O4/c1-4-24-17(23)14-13(9-10(2)3)20(19-15(14)16(21)22)12-7-5-11(18)6-8-12/h5-8,10H,4,9H2,1-3H3,(H,21,22). The molecule has 2 aromatic rings. The van der Waals surface area contributed by atoms with E-state index in [-0.39, 0.29) is 23.8 Å². The Morgan fingerprint density at radius 1 is 1.29 bits per heavy atom. The number of hydrogen-bond acceptors (Lipinski definition) is 4. The molecule has 2 rings (SSSR count). The lowest BCUT2D eigenvalue weighted by Gasteiger charge is -2.11. The molecule has 0 aliphatic rings. The lowest BCUT2D eigenvalue weighted by atomic mass is 10.0. The van der Waals surface area contributed by atoms with Crippen molar-refractivity contribution >= 4 is 23.5 Å². The van der Waals surface area contributed by atoms with Crippen molar-refractivity contribution in [2.45, 2.75) is 27.2 Å². The molecule has 0 saturated heterocycles. The van der Waals surface area contributed by atoms with Gasteiger partial charge in [0, 0.05) is 5.02 Å². The zero-order chi connectivity index (χ0) is 17.9. The van der Waals surface area contributed by atoms with Gasteiger partial charge in [0.2, 0.25) is 0 Å². The van der Waals surface area contributed by atoms with Gasteiger partial charge in [-0.25, -0.2) is 14.3 Å². The van der Waals surface area contributed by atoms with Gasteiger partial charge in [-0.3, -0.25) is 0 Å². The van der Waals surface area contributed by atoms with Crippen LogP contribution < -0.4 is 0 Å². The van der Waals surface area contributed by atoms with Gasteiger partial charge < -0.3 is 9.84 Å². The number of benzene rings is 1. The normalized spacial score (nSPS) is 10.9. The Hall–Kier alpha value is -2.34. The van der Waals surface area contributed by atoms with E-state index >= 15 is 0 Å². The fourth-order valence-corrected chi connectivity index (χ4v) is 2.52. The first-order chi connectivity index (χ1) is 11.3. The Kier molecular flexibility index (Phi) is 5.62. The third-order valence-corrected chi connectivity index (χ3v) is 3.59. The molecule has 0 atom stereocenters. The molecule has 0 aliphatic heterocycles. The Morgan fingerprint density at radius 2 is 1.92 bits per heavy atom. The fourth-order valence-electron chi connectivity index (χ4n) is 2.39. The molecular formula is C17H19ClN2O4. The number of hydrogen-bond donors (Lipinski definition) is 1. The van der Waals surface area contributed by atoms with Gasteiger partial charge in [-0.15, -0.1) is 0 Å². The number of carbonyl (C=O) groups is 2.